The molecular formula is C47H81NO35. The number of unbranched alkanes of at least 4 members (excludes halogenated alkanes) is 2. The Labute approximate surface area is 471 Å². The maximum atomic E-state index is 12.0. The van der Waals surface area contributed by atoms with Gasteiger partial charge in [0.2, 0.25) is 0 Å². The highest BCUT2D eigenvalue weighted by molar-refractivity contribution is 5.02. The molecule has 15 aliphatic heterocycles. The van der Waals surface area contributed by atoms with Crippen LogP contribution in [0.2, 0.25) is 0 Å². The fourth-order valence-electron chi connectivity index (χ4n) is 11.2. The van der Waals surface area contributed by atoms with E-state index in [-0.39, 0.29) is 6.61 Å². The van der Waals surface area contributed by atoms with Gasteiger partial charge in [0.05, 0.1) is 46.2 Å². The van der Waals surface area contributed by atoms with Gasteiger partial charge in [0, 0.05) is 6.61 Å². The Morgan fingerprint density at radius 3 is 0.663 bits per heavy atom. The zero-order chi connectivity index (χ0) is 60.3. The summed E-state index contributed by atoms with van der Waals surface area (Å²) in [4.78, 5) is 0. The molecule has 35 atom stereocenters. The van der Waals surface area contributed by atoms with Crippen LogP contribution in [0.4, 0.5) is 0 Å². The molecule has 36 nitrogen and oxygen atoms in total. The number of ether oxygens (including phenoxy) is 15. The second kappa shape index (κ2) is 29.9. The fraction of sp³-hybridized carbons (Fsp3) is 1.00. The molecule has 484 valence electrons. The first kappa shape index (κ1) is 67.5. The molecule has 0 spiro atoms. The van der Waals surface area contributed by atoms with Gasteiger partial charge in [0.15, 0.2) is 44.0 Å². The van der Waals surface area contributed by atoms with Gasteiger partial charge in [-0.15, -0.1) is 0 Å². The topological polar surface area (TPSA) is 569 Å². The van der Waals surface area contributed by atoms with Crippen molar-refractivity contribution in [3.63, 3.8) is 0 Å². The van der Waals surface area contributed by atoms with E-state index in [4.69, 9.17) is 76.8 Å². The van der Waals surface area contributed by atoms with Gasteiger partial charge in [-0.05, 0) is 25.8 Å². The van der Waals surface area contributed by atoms with Crippen LogP contribution in [0.25, 0.3) is 0 Å². The second-order valence-electron chi connectivity index (χ2n) is 21.3. The van der Waals surface area contributed by atoms with Crippen molar-refractivity contribution in [3.05, 3.63) is 0 Å². The molecule has 0 saturated carbocycles. The predicted molar refractivity (Wildman–Crippen MR) is 255 cm³/mol. The molecular weight excluding hydrogens is 1140 g/mol. The van der Waals surface area contributed by atoms with E-state index in [1.165, 1.54) is 0 Å². The molecule has 15 rings (SSSR count). The highest BCUT2D eigenvalue weighted by Crippen LogP contribution is 2.39. The Balaban J connectivity index is 1.10. The molecule has 15 aliphatic rings. The predicted octanol–water partition coefficient (Wildman–Crippen LogP) is -14.1. The van der Waals surface area contributed by atoms with Crippen molar-refractivity contribution in [2.45, 2.75) is 234 Å². The molecule has 15 heterocycles. The van der Waals surface area contributed by atoms with Gasteiger partial charge < -0.3 is 179 Å². The van der Waals surface area contributed by atoms with E-state index >= 15 is 0 Å². The molecule has 15 fully saturated rings. The van der Waals surface area contributed by atoms with Crippen LogP contribution in [0.1, 0.15) is 19.3 Å². The summed E-state index contributed by atoms with van der Waals surface area (Å²) in [6.45, 7) is -6.99. The molecule has 0 amide bonds. The SMILES string of the molecule is NCCCCCO[C@H]1[C@H]2O[C@H]3[C@@H](O)[C@H](O)[C@@H](O[C@H]4[C@@H](O)[C@H](O)[C@@H](O[C@H]5[C@@H](O)[C@@H](O)[C@@H](O[C@H]6[C@H](O)[C@@H](O)[C@@H](O[C@H]7[C@H](O)[C@@H](O)[C@@H](O[C@H]8[C@H](O)[C@@H](O)[C@@H](O[C@@H]([C@@H]1O)[C@@H](CO)O2)O[C@@H]8CO)O[C@@H]7CO)O[C@@H]6CO)O[C@@H]5CO)O[C@@H]4CO)O[C@@H]3CO. The smallest absolute Gasteiger partial charge is 0.187 e. The minimum atomic E-state index is -2.21. The zero-order valence-electron chi connectivity index (χ0n) is 44.3. The van der Waals surface area contributed by atoms with Crippen LogP contribution in [0, 0.1) is 0 Å². The fourth-order valence-corrected chi connectivity index (χ4v) is 11.2. The van der Waals surface area contributed by atoms with Crippen LogP contribution in [0.3, 0.4) is 0 Å². The number of aliphatic hydroxyl groups excluding tert-OH is 20. The van der Waals surface area contributed by atoms with Crippen molar-refractivity contribution in [1.29, 1.82) is 0 Å². The van der Waals surface area contributed by atoms with Crippen LogP contribution in [-0.2, 0) is 71.1 Å². The summed E-state index contributed by atoms with van der Waals surface area (Å²) >= 11 is 0. The van der Waals surface area contributed by atoms with E-state index in [9.17, 15) is 102 Å². The first-order chi connectivity index (χ1) is 39.7. The molecule has 22 N–H and O–H groups in total. The van der Waals surface area contributed by atoms with Gasteiger partial charge in [-0.25, -0.2) is 0 Å². The molecule has 0 radical (unpaired) electrons. The van der Waals surface area contributed by atoms with Crippen molar-refractivity contribution in [2.75, 3.05) is 59.4 Å². The van der Waals surface area contributed by atoms with Gasteiger partial charge >= 0.3 is 0 Å². The first-order valence-electron chi connectivity index (χ1n) is 27.3. The Bertz CT molecular complexity index is 1940. The van der Waals surface area contributed by atoms with Gasteiger partial charge in [0.25, 0.3) is 0 Å². The van der Waals surface area contributed by atoms with Gasteiger partial charge in [-0.1, -0.05) is 0 Å². The molecule has 0 aromatic heterocycles. The average molecular weight is 1220 g/mol. The van der Waals surface area contributed by atoms with Gasteiger partial charge in [-0.2, -0.15) is 0 Å². The van der Waals surface area contributed by atoms with Crippen LogP contribution < -0.4 is 5.73 Å². The summed E-state index contributed by atoms with van der Waals surface area (Å²) < 4.78 is 87.3. The van der Waals surface area contributed by atoms with Crippen molar-refractivity contribution in [2.24, 2.45) is 5.73 Å². The lowest BCUT2D eigenvalue weighted by atomic mass is 9.95. The highest BCUT2D eigenvalue weighted by atomic mass is 16.8. The quantitative estimate of drug-likeness (QED) is 0.0762. The lowest BCUT2D eigenvalue weighted by Crippen LogP contribution is -2.68. The summed E-state index contributed by atoms with van der Waals surface area (Å²) in [5.41, 5.74) is 5.65. The first-order valence-corrected chi connectivity index (χ1v) is 27.3. The maximum absolute atomic E-state index is 12.0. The average Bonchev–Trinajstić information content (AvgIpc) is 3.29. The molecule has 14 bridgehead atoms. The molecule has 0 unspecified atom stereocenters. The largest absolute Gasteiger partial charge is 0.394 e. The normalized spacial score (nSPS) is 52.2. The van der Waals surface area contributed by atoms with E-state index in [0.717, 1.165) is 0 Å². The highest BCUT2D eigenvalue weighted by Gasteiger charge is 2.60. The van der Waals surface area contributed by atoms with Gasteiger partial charge in [-0.3, -0.25) is 0 Å². The third-order valence-corrected chi connectivity index (χ3v) is 15.9. The standard InChI is InChI=1S/C47H81NO35/c48-4-2-1-3-5-69-40-32(68)39-19(12-55)76-47(40)83-38-18(11-54)75-45(31(67)25(38)61)81-36-16(9-52)73-43(29(65)23(36)59)79-34-14(7-50)71-41(27(63)21(34)57)77-33-13(6-49)70-42(26(62)20(33)56)78-35-15(8-51)72-44(28(64)22(35)58)80-37-17(10-53)74-46(82-39)30(66)24(37)60/h13-47,49-68H,1-12,48H2/t13-,14-,15-,16-,17-,18-,19-,20-,21+,22-,23+,24-,25+,26-,27-,28-,29+,30-,31+,32+,33-,34-,35-,36-,37-,38-,39-,40-,41-,42-,43-,44-,45-,46-,47-/m1/s1. The van der Waals surface area contributed by atoms with Crippen LogP contribution >= 0.6 is 0 Å². The summed E-state index contributed by atoms with van der Waals surface area (Å²) in [6, 6.07) is 0. The minimum absolute atomic E-state index is 0.123. The van der Waals surface area contributed by atoms with Crippen LogP contribution in [0.5, 0.6) is 0 Å². The van der Waals surface area contributed by atoms with Crippen LogP contribution in [-0.4, -0.2) is 376 Å². The summed E-state index contributed by atoms with van der Waals surface area (Å²) in [6.07, 6.45) is -67.3. The molecule has 0 aromatic carbocycles. The van der Waals surface area contributed by atoms with Crippen molar-refractivity contribution in [3.8, 4) is 0 Å². The molecule has 36 heteroatoms. The lowest BCUT2D eigenvalue weighted by Gasteiger charge is -2.50. The van der Waals surface area contributed by atoms with E-state index in [1.54, 1.807) is 0 Å². The number of fused-ring (bicyclic) bond motifs is 7. The van der Waals surface area contributed by atoms with E-state index in [1.807, 2.05) is 0 Å². The monoisotopic (exact) mass is 1220 g/mol. The van der Waals surface area contributed by atoms with Gasteiger partial charge in [0.1, 0.15) is 171 Å². The Morgan fingerprint density at radius 2 is 0.446 bits per heavy atom. The van der Waals surface area contributed by atoms with Crippen LogP contribution in [0.15, 0.2) is 0 Å². The Morgan fingerprint density at radius 1 is 0.241 bits per heavy atom. The number of hydrogen-bond acceptors (Lipinski definition) is 36. The maximum Gasteiger partial charge on any atom is 0.187 e. The third-order valence-electron chi connectivity index (χ3n) is 15.9. The molecule has 0 aromatic rings. The number of aliphatic hydroxyl groups is 20. The van der Waals surface area contributed by atoms with E-state index in [0.29, 0.717) is 25.8 Å². The zero-order valence-corrected chi connectivity index (χ0v) is 44.3. The molecule has 0 aliphatic carbocycles. The van der Waals surface area contributed by atoms with E-state index < -0.39 is 261 Å². The summed E-state index contributed by atoms with van der Waals surface area (Å²) in [5, 5.41) is 222. The van der Waals surface area contributed by atoms with Crippen molar-refractivity contribution < 1.29 is 173 Å². The van der Waals surface area contributed by atoms with Crippen molar-refractivity contribution in [1.82, 2.24) is 0 Å². The Kier molecular flexibility index (Phi) is 24.3. The number of nitrogens with two attached hydrogens (primary N) is 1. The number of rotatable bonds is 13. The Hall–Kier alpha value is -1.44. The molecule has 15 saturated heterocycles. The minimum Gasteiger partial charge on any atom is -0.394 e. The van der Waals surface area contributed by atoms with Crippen molar-refractivity contribution >= 4 is 0 Å². The second-order valence-corrected chi connectivity index (χ2v) is 21.3. The summed E-state index contributed by atoms with van der Waals surface area (Å²) in [5.74, 6) is 0. The lowest BCUT2D eigenvalue weighted by molar-refractivity contribution is -0.398. The number of hydrogen-bond donors (Lipinski definition) is 21. The molecule has 83 heavy (non-hydrogen) atoms. The summed E-state index contributed by atoms with van der Waals surface area (Å²) in [7, 11) is 0. The van der Waals surface area contributed by atoms with E-state index in [2.05, 4.69) is 0 Å². The third kappa shape index (κ3) is 14.1.